The van der Waals surface area contributed by atoms with E-state index in [1.165, 1.54) is 32.3 Å². The fraction of sp³-hybridized carbons (Fsp3) is 0. The molecule has 0 unspecified atom stereocenters. The van der Waals surface area contributed by atoms with Gasteiger partial charge >= 0.3 is 0 Å². The third kappa shape index (κ3) is 4.86. The van der Waals surface area contributed by atoms with Crippen LogP contribution in [0.5, 0.6) is 0 Å². The van der Waals surface area contributed by atoms with Crippen molar-refractivity contribution in [3.05, 3.63) is 200 Å². The minimum atomic E-state index is 0.852. The highest BCUT2D eigenvalue weighted by Crippen LogP contribution is 2.51. The SMILES string of the molecule is c1ccc(-c2ccc(N(c3ccc4c(ccc5ccccc54)c3)c3ccc(-c4cccc5ccccc45)c4oc5ccccc5c34)c3c2oc2ccccc23)cc1. The van der Waals surface area contributed by atoms with Crippen molar-refractivity contribution >= 4 is 93.3 Å². The van der Waals surface area contributed by atoms with Crippen LogP contribution in [-0.2, 0) is 0 Å². The monoisotopic (exact) mass is 727 g/mol. The Morgan fingerprint density at radius 3 is 1.56 bits per heavy atom. The molecule has 0 radical (unpaired) electrons. The molecule has 0 bridgehead atoms. The topological polar surface area (TPSA) is 29.5 Å². The molecule has 0 atom stereocenters. The van der Waals surface area contributed by atoms with Crippen molar-refractivity contribution in [2.24, 2.45) is 0 Å². The average molecular weight is 728 g/mol. The number of hydrogen-bond donors (Lipinski definition) is 0. The van der Waals surface area contributed by atoms with Gasteiger partial charge in [0.1, 0.15) is 22.3 Å². The molecule has 2 heterocycles. The van der Waals surface area contributed by atoms with Gasteiger partial charge in [-0.3, -0.25) is 0 Å². The van der Waals surface area contributed by atoms with Crippen molar-refractivity contribution in [1.29, 1.82) is 0 Å². The van der Waals surface area contributed by atoms with Crippen LogP contribution < -0.4 is 4.90 Å². The van der Waals surface area contributed by atoms with E-state index in [0.29, 0.717) is 0 Å². The van der Waals surface area contributed by atoms with Crippen LogP contribution in [0.4, 0.5) is 17.1 Å². The van der Waals surface area contributed by atoms with Crippen LogP contribution in [0.3, 0.4) is 0 Å². The van der Waals surface area contributed by atoms with Gasteiger partial charge < -0.3 is 13.7 Å². The summed E-state index contributed by atoms with van der Waals surface area (Å²) in [4.78, 5) is 2.42. The molecular weight excluding hydrogens is 695 g/mol. The molecule has 3 heteroatoms. The standard InChI is InChI=1S/C54H33NO2/c1-2-13-35(14-3-1)42-29-31-47(51-45-20-8-10-23-49(45)56-53(42)51)55(38-27-28-41-37(33-38)26-25-36-16-5-6-18-39(36)41)48-32-30-44(43-22-12-17-34-15-4-7-19-40(34)43)54-52(48)46-21-9-11-24-50(46)57-54/h1-33H. The van der Waals surface area contributed by atoms with Gasteiger partial charge in [-0.2, -0.15) is 0 Å². The van der Waals surface area contributed by atoms with Crippen molar-refractivity contribution in [1.82, 2.24) is 0 Å². The molecule has 0 N–H and O–H groups in total. The third-order valence-corrected chi connectivity index (χ3v) is 11.6. The minimum Gasteiger partial charge on any atom is -0.455 e. The van der Waals surface area contributed by atoms with Crippen molar-refractivity contribution in [3.63, 3.8) is 0 Å². The summed E-state index contributed by atoms with van der Waals surface area (Å²) in [7, 11) is 0. The molecule has 0 aliphatic heterocycles. The predicted molar refractivity (Wildman–Crippen MR) is 239 cm³/mol. The molecule has 10 aromatic carbocycles. The number of furan rings is 2. The quantitative estimate of drug-likeness (QED) is 0.165. The van der Waals surface area contributed by atoms with Crippen LogP contribution in [0.15, 0.2) is 209 Å². The lowest BCUT2D eigenvalue weighted by atomic mass is 9.95. The molecule has 0 aliphatic rings. The number of anilines is 3. The van der Waals surface area contributed by atoms with Gasteiger partial charge in [-0.05, 0) is 92.0 Å². The fourth-order valence-electron chi connectivity index (χ4n) is 9.06. The zero-order chi connectivity index (χ0) is 37.5. The van der Waals surface area contributed by atoms with Crippen LogP contribution >= 0.6 is 0 Å². The largest absolute Gasteiger partial charge is 0.455 e. The molecule has 3 nitrogen and oxygen atoms in total. The molecular formula is C54H33NO2. The summed E-state index contributed by atoms with van der Waals surface area (Å²) >= 11 is 0. The first-order chi connectivity index (χ1) is 28.3. The highest BCUT2D eigenvalue weighted by molar-refractivity contribution is 6.22. The summed E-state index contributed by atoms with van der Waals surface area (Å²) in [5.74, 6) is 0. The van der Waals surface area contributed by atoms with Crippen LogP contribution in [0, 0.1) is 0 Å². The van der Waals surface area contributed by atoms with E-state index >= 15 is 0 Å². The average Bonchev–Trinajstić information content (AvgIpc) is 3.87. The lowest BCUT2D eigenvalue weighted by Crippen LogP contribution is -2.11. The first-order valence-electron chi connectivity index (χ1n) is 19.4. The van der Waals surface area contributed by atoms with Crippen molar-refractivity contribution in [3.8, 4) is 22.3 Å². The molecule has 0 fully saturated rings. The summed E-state index contributed by atoms with van der Waals surface area (Å²) in [6.07, 6.45) is 0. The minimum absolute atomic E-state index is 0.852. The molecule has 0 saturated heterocycles. The zero-order valence-corrected chi connectivity index (χ0v) is 30.8. The van der Waals surface area contributed by atoms with Crippen LogP contribution in [0.25, 0.3) is 98.4 Å². The van der Waals surface area contributed by atoms with Gasteiger partial charge in [0.2, 0.25) is 0 Å². The van der Waals surface area contributed by atoms with E-state index in [0.717, 1.165) is 83.2 Å². The highest BCUT2D eigenvalue weighted by atomic mass is 16.3. The van der Waals surface area contributed by atoms with E-state index in [-0.39, 0.29) is 0 Å². The Hall–Kier alpha value is -7.62. The maximum absolute atomic E-state index is 6.94. The van der Waals surface area contributed by atoms with Gasteiger partial charge in [0.15, 0.2) is 0 Å². The summed E-state index contributed by atoms with van der Waals surface area (Å²) in [6.45, 7) is 0. The van der Waals surface area contributed by atoms with Crippen LogP contribution in [-0.4, -0.2) is 0 Å². The maximum Gasteiger partial charge on any atom is 0.145 e. The van der Waals surface area contributed by atoms with Gasteiger partial charge in [-0.15, -0.1) is 0 Å². The van der Waals surface area contributed by atoms with Crippen LogP contribution in [0.2, 0.25) is 0 Å². The highest BCUT2D eigenvalue weighted by Gasteiger charge is 2.26. The zero-order valence-electron chi connectivity index (χ0n) is 30.8. The summed E-state index contributed by atoms with van der Waals surface area (Å²) in [6, 6.07) is 71.4. The smallest absolute Gasteiger partial charge is 0.145 e. The van der Waals surface area contributed by atoms with Gasteiger partial charge in [-0.25, -0.2) is 0 Å². The normalized spacial score (nSPS) is 11.9. The number of benzene rings is 10. The molecule has 266 valence electrons. The number of fused-ring (bicyclic) bond motifs is 10. The number of hydrogen-bond acceptors (Lipinski definition) is 3. The van der Waals surface area contributed by atoms with Crippen molar-refractivity contribution in [2.75, 3.05) is 4.90 Å². The number of rotatable bonds is 5. The molecule has 0 aliphatic carbocycles. The molecule has 0 amide bonds. The summed E-state index contributed by atoms with van der Waals surface area (Å²) in [5.41, 5.74) is 10.9. The summed E-state index contributed by atoms with van der Waals surface area (Å²) < 4.78 is 13.8. The Morgan fingerprint density at radius 2 is 0.842 bits per heavy atom. The van der Waals surface area contributed by atoms with E-state index < -0.39 is 0 Å². The van der Waals surface area contributed by atoms with Gasteiger partial charge in [0.05, 0.1) is 22.1 Å². The Balaban J connectivity index is 1.21. The molecule has 57 heavy (non-hydrogen) atoms. The lowest BCUT2D eigenvalue weighted by Gasteiger charge is -2.28. The second-order valence-electron chi connectivity index (χ2n) is 14.8. The predicted octanol–water partition coefficient (Wildman–Crippen LogP) is 15.7. The Labute approximate surface area is 328 Å². The van der Waals surface area contributed by atoms with Gasteiger partial charge in [0, 0.05) is 27.6 Å². The first-order valence-corrected chi connectivity index (χ1v) is 19.4. The van der Waals surface area contributed by atoms with Crippen molar-refractivity contribution in [2.45, 2.75) is 0 Å². The first kappa shape index (κ1) is 31.7. The van der Waals surface area contributed by atoms with Gasteiger partial charge in [0.25, 0.3) is 0 Å². The fourth-order valence-corrected chi connectivity index (χ4v) is 9.06. The third-order valence-electron chi connectivity index (χ3n) is 11.6. The second-order valence-corrected chi connectivity index (χ2v) is 14.8. The number of para-hydroxylation sites is 2. The Bertz CT molecular complexity index is 3530. The summed E-state index contributed by atoms with van der Waals surface area (Å²) in [5, 5.41) is 11.5. The lowest BCUT2D eigenvalue weighted by molar-refractivity contribution is 0.670. The molecule has 12 aromatic rings. The van der Waals surface area contributed by atoms with E-state index in [9.17, 15) is 0 Å². The van der Waals surface area contributed by atoms with E-state index in [4.69, 9.17) is 8.83 Å². The van der Waals surface area contributed by atoms with E-state index in [2.05, 4.69) is 199 Å². The van der Waals surface area contributed by atoms with Crippen molar-refractivity contribution < 1.29 is 8.83 Å². The second kappa shape index (κ2) is 12.5. The van der Waals surface area contributed by atoms with Crippen LogP contribution in [0.1, 0.15) is 0 Å². The molecule has 0 saturated carbocycles. The molecule has 12 rings (SSSR count). The Morgan fingerprint density at radius 1 is 0.316 bits per heavy atom. The molecule has 0 spiro atoms. The van der Waals surface area contributed by atoms with Gasteiger partial charge in [-0.1, -0.05) is 152 Å². The van der Waals surface area contributed by atoms with E-state index in [1.54, 1.807) is 0 Å². The number of nitrogens with zero attached hydrogens (tertiary/aromatic N) is 1. The maximum atomic E-state index is 6.94. The molecule has 2 aromatic heterocycles. The van der Waals surface area contributed by atoms with E-state index in [1.807, 2.05) is 6.07 Å². The Kier molecular flexibility index (Phi) is 6.93.